The molecule has 6 heteroatoms. The molecule has 2 aromatic carbocycles. The molecule has 4 aromatic rings. The normalized spacial score (nSPS) is 10.9. The van der Waals surface area contributed by atoms with Crippen LogP contribution in [0.1, 0.15) is 5.56 Å². The van der Waals surface area contributed by atoms with Gasteiger partial charge in [0.2, 0.25) is 0 Å². The van der Waals surface area contributed by atoms with E-state index in [4.69, 9.17) is 19.8 Å². The standard InChI is InChI=1S/C24H24N4O2/c1-28(13-15-30-20-8-4-6-18(16-20)11-14-29)24-21-9-2-3-10-22(21)26-23(27-24)19-7-5-12-25-17-19/h2-10,12,16-17,29H,11,13-15H2,1H3. The van der Waals surface area contributed by atoms with Crippen molar-refractivity contribution >= 4 is 16.7 Å². The Morgan fingerprint density at radius 2 is 1.90 bits per heavy atom. The molecule has 4 rings (SSSR count). The molecule has 0 aliphatic rings. The van der Waals surface area contributed by atoms with Gasteiger partial charge in [-0.05, 0) is 48.4 Å². The fraction of sp³-hybridized carbons (Fsp3) is 0.208. The van der Waals surface area contributed by atoms with Gasteiger partial charge >= 0.3 is 0 Å². The van der Waals surface area contributed by atoms with Gasteiger partial charge in [-0.3, -0.25) is 4.98 Å². The highest BCUT2D eigenvalue weighted by Gasteiger charge is 2.13. The Morgan fingerprint density at radius 1 is 1.00 bits per heavy atom. The number of rotatable bonds is 8. The summed E-state index contributed by atoms with van der Waals surface area (Å²) in [4.78, 5) is 15.8. The highest BCUT2D eigenvalue weighted by atomic mass is 16.5. The van der Waals surface area contributed by atoms with Crippen molar-refractivity contribution < 1.29 is 9.84 Å². The van der Waals surface area contributed by atoms with Gasteiger partial charge in [-0.1, -0.05) is 24.3 Å². The first-order valence-electron chi connectivity index (χ1n) is 9.95. The van der Waals surface area contributed by atoms with Crippen molar-refractivity contribution in [3.05, 3.63) is 78.6 Å². The van der Waals surface area contributed by atoms with E-state index in [0.717, 1.165) is 33.6 Å². The van der Waals surface area contributed by atoms with Crippen molar-refractivity contribution in [3.8, 4) is 17.1 Å². The van der Waals surface area contributed by atoms with E-state index in [1.54, 1.807) is 12.4 Å². The average Bonchev–Trinajstić information content (AvgIpc) is 2.79. The van der Waals surface area contributed by atoms with Gasteiger partial charge in [-0.25, -0.2) is 9.97 Å². The van der Waals surface area contributed by atoms with Gasteiger partial charge in [0, 0.05) is 37.0 Å². The number of hydrogen-bond acceptors (Lipinski definition) is 6. The quantitative estimate of drug-likeness (QED) is 0.486. The third-order valence-corrected chi connectivity index (χ3v) is 4.86. The molecular formula is C24H24N4O2. The largest absolute Gasteiger partial charge is 0.492 e. The molecule has 0 fully saturated rings. The van der Waals surface area contributed by atoms with Gasteiger partial charge in [-0.15, -0.1) is 0 Å². The predicted molar refractivity (Wildman–Crippen MR) is 119 cm³/mol. The molecule has 0 radical (unpaired) electrons. The molecule has 0 bridgehead atoms. The maximum atomic E-state index is 9.11. The fourth-order valence-electron chi connectivity index (χ4n) is 3.30. The second-order valence-corrected chi connectivity index (χ2v) is 7.02. The van der Waals surface area contributed by atoms with Crippen molar-refractivity contribution in [1.82, 2.24) is 15.0 Å². The number of aliphatic hydroxyl groups excluding tert-OH is 1. The molecule has 2 heterocycles. The van der Waals surface area contributed by atoms with Crippen LogP contribution < -0.4 is 9.64 Å². The van der Waals surface area contributed by atoms with Crippen LogP contribution in [0.4, 0.5) is 5.82 Å². The van der Waals surface area contributed by atoms with Crippen LogP contribution in [0.2, 0.25) is 0 Å². The summed E-state index contributed by atoms with van der Waals surface area (Å²) in [7, 11) is 2.01. The third kappa shape index (κ3) is 4.55. The summed E-state index contributed by atoms with van der Waals surface area (Å²) in [6.07, 6.45) is 4.14. The van der Waals surface area contributed by atoms with E-state index < -0.39 is 0 Å². The molecule has 0 aliphatic carbocycles. The van der Waals surface area contributed by atoms with Gasteiger partial charge in [0.25, 0.3) is 0 Å². The highest BCUT2D eigenvalue weighted by molar-refractivity contribution is 5.90. The Kier molecular flexibility index (Phi) is 6.15. The third-order valence-electron chi connectivity index (χ3n) is 4.86. The molecule has 1 N–H and O–H groups in total. The van der Waals surface area contributed by atoms with Gasteiger partial charge in [0.15, 0.2) is 5.82 Å². The predicted octanol–water partition coefficient (Wildman–Crippen LogP) is 3.74. The van der Waals surface area contributed by atoms with Gasteiger partial charge in [0.05, 0.1) is 12.1 Å². The Bertz CT molecular complexity index is 1120. The Balaban J connectivity index is 1.54. The SMILES string of the molecule is CN(CCOc1cccc(CCO)c1)c1nc(-c2cccnc2)nc2ccccc12. The molecule has 0 atom stereocenters. The molecule has 0 saturated carbocycles. The lowest BCUT2D eigenvalue weighted by molar-refractivity contribution is 0.298. The number of nitrogens with zero attached hydrogens (tertiary/aromatic N) is 4. The van der Waals surface area contributed by atoms with Crippen molar-refractivity contribution in [3.63, 3.8) is 0 Å². The zero-order valence-electron chi connectivity index (χ0n) is 16.9. The monoisotopic (exact) mass is 400 g/mol. The van der Waals surface area contributed by atoms with Crippen molar-refractivity contribution in [1.29, 1.82) is 0 Å². The minimum atomic E-state index is 0.131. The van der Waals surface area contributed by atoms with Crippen LogP contribution in [0.5, 0.6) is 5.75 Å². The lowest BCUT2D eigenvalue weighted by Crippen LogP contribution is -2.25. The maximum Gasteiger partial charge on any atom is 0.163 e. The lowest BCUT2D eigenvalue weighted by atomic mass is 10.1. The van der Waals surface area contributed by atoms with Crippen LogP contribution in [-0.2, 0) is 6.42 Å². The zero-order chi connectivity index (χ0) is 20.8. The molecule has 0 unspecified atom stereocenters. The summed E-state index contributed by atoms with van der Waals surface area (Å²) < 4.78 is 5.94. The van der Waals surface area contributed by atoms with E-state index in [2.05, 4.69) is 9.88 Å². The second kappa shape index (κ2) is 9.33. The van der Waals surface area contributed by atoms with Crippen LogP contribution in [0.3, 0.4) is 0 Å². The Morgan fingerprint density at radius 3 is 2.73 bits per heavy atom. The first-order valence-corrected chi connectivity index (χ1v) is 9.95. The van der Waals surface area contributed by atoms with Crippen LogP contribution in [-0.4, -0.2) is 46.9 Å². The van der Waals surface area contributed by atoms with Crippen molar-refractivity contribution in [2.24, 2.45) is 0 Å². The number of aromatic nitrogens is 3. The Hall–Kier alpha value is -3.51. The molecule has 0 amide bonds. The smallest absolute Gasteiger partial charge is 0.163 e. The maximum absolute atomic E-state index is 9.11. The number of aliphatic hydroxyl groups is 1. The molecule has 30 heavy (non-hydrogen) atoms. The molecule has 0 saturated heterocycles. The number of pyridine rings is 1. The minimum Gasteiger partial charge on any atom is -0.492 e. The van der Waals surface area contributed by atoms with Gasteiger partial charge < -0.3 is 14.7 Å². The average molecular weight is 400 g/mol. The number of hydrogen-bond donors (Lipinski definition) is 1. The molecule has 6 nitrogen and oxygen atoms in total. The van der Waals surface area contributed by atoms with Gasteiger partial charge in [-0.2, -0.15) is 0 Å². The fourth-order valence-corrected chi connectivity index (χ4v) is 3.30. The summed E-state index contributed by atoms with van der Waals surface area (Å²) in [5.41, 5.74) is 2.84. The second-order valence-electron chi connectivity index (χ2n) is 7.02. The van der Waals surface area contributed by atoms with Crippen LogP contribution >= 0.6 is 0 Å². The van der Waals surface area contributed by atoms with E-state index in [1.807, 2.05) is 67.7 Å². The van der Waals surface area contributed by atoms with Crippen LogP contribution in [0, 0.1) is 0 Å². The summed E-state index contributed by atoms with van der Waals surface area (Å²) in [5.74, 6) is 2.32. The summed E-state index contributed by atoms with van der Waals surface area (Å²) >= 11 is 0. The van der Waals surface area contributed by atoms with E-state index in [0.29, 0.717) is 25.4 Å². The van der Waals surface area contributed by atoms with E-state index in [9.17, 15) is 0 Å². The van der Waals surface area contributed by atoms with Crippen molar-refractivity contribution in [2.45, 2.75) is 6.42 Å². The summed E-state index contributed by atoms with van der Waals surface area (Å²) in [6.45, 7) is 1.31. The number of fused-ring (bicyclic) bond motifs is 1. The topological polar surface area (TPSA) is 71.4 Å². The van der Waals surface area contributed by atoms with Gasteiger partial charge in [0.1, 0.15) is 18.2 Å². The molecule has 2 aromatic heterocycles. The highest BCUT2D eigenvalue weighted by Crippen LogP contribution is 2.26. The number of benzene rings is 2. The molecule has 0 spiro atoms. The van der Waals surface area contributed by atoms with E-state index >= 15 is 0 Å². The first kappa shape index (κ1) is 19.8. The Labute approximate surface area is 175 Å². The summed E-state index contributed by atoms with van der Waals surface area (Å²) in [5, 5.41) is 10.1. The number of likely N-dealkylation sites (N-methyl/N-ethyl adjacent to an activating group) is 1. The van der Waals surface area contributed by atoms with Crippen LogP contribution in [0.15, 0.2) is 73.1 Å². The number of para-hydroxylation sites is 1. The van der Waals surface area contributed by atoms with E-state index in [-0.39, 0.29) is 6.61 Å². The lowest BCUT2D eigenvalue weighted by Gasteiger charge is -2.21. The molecule has 152 valence electrons. The summed E-state index contributed by atoms with van der Waals surface area (Å²) in [6, 6.07) is 19.7. The van der Waals surface area contributed by atoms with Crippen molar-refractivity contribution in [2.75, 3.05) is 31.7 Å². The number of ether oxygens (including phenoxy) is 1. The molecule has 0 aliphatic heterocycles. The van der Waals surface area contributed by atoms with E-state index in [1.165, 1.54) is 0 Å². The van der Waals surface area contributed by atoms with Crippen LogP contribution in [0.25, 0.3) is 22.3 Å². The number of anilines is 1. The minimum absolute atomic E-state index is 0.131. The molecular weight excluding hydrogens is 376 g/mol. The first-order chi connectivity index (χ1) is 14.7. The zero-order valence-corrected chi connectivity index (χ0v) is 16.9.